The zero-order chi connectivity index (χ0) is 12.5. The Kier molecular flexibility index (Phi) is 4.07. The average Bonchev–Trinajstić information content (AvgIpc) is 2.26. The largest absolute Gasteiger partial charge is 0.329 e. The topological polar surface area (TPSA) is 75.4 Å². The second kappa shape index (κ2) is 5.22. The molecule has 0 aromatic rings. The van der Waals surface area contributed by atoms with Gasteiger partial charge in [0.1, 0.15) is 0 Å². The normalized spacial score (nSPS) is 35.5. The molecule has 0 aromatic heterocycles. The first-order valence-electron chi connectivity index (χ1n) is 6.52. The molecule has 0 bridgehead atoms. The summed E-state index contributed by atoms with van der Waals surface area (Å²) in [5.41, 5.74) is 5.66. The van der Waals surface area contributed by atoms with Crippen LogP contribution in [0.1, 0.15) is 39.0 Å². The molecule has 5 nitrogen and oxygen atoms in total. The Labute approximate surface area is 104 Å². The van der Waals surface area contributed by atoms with Gasteiger partial charge in [0.2, 0.25) is 0 Å². The quantitative estimate of drug-likeness (QED) is 0.770. The fraction of sp³-hybridized carbons (Fsp3) is 1.00. The van der Waals surface area contributed by atoms with Crippen LogP contribution >= 0.6 is 0 Å². The number of nitrogens with one attached hydrogen (secondary N) is 1. The smallest absolute Gasteiger partial charge is 0.279 e. The van der Waals surface area contributed by atoms with E-state index in [1.807, 2.05) is 0 Å². The maximum Gasteiger partial charge on any atom is 0.279 e. The molecule has 0 amide bonds. The number of nitrogens with zero attached hydrogens (tertiary/aromatic N) is 1. The molecule has 0 aromatic carbocycles. The number of piperidine rings is 1. The van der Waals surface area contributed by atoms with Gasteiger partial charge in [-0.15, -0.1) is 0 Å². The lowest BCUT2D eigenvalue weighted by molar-refractivity contribution is 0.234. The van der Waals surface area contributed by atoms with Gasteiger partial charge in [-0.1, -0.05) is 13.3 Å². The van der Waals surface area contributed by atoms with Crippen molar-refractivity contribution >= 4 is 10.2 Å². The lowest BCUT2D eigenvalue weighted by Crippen LogP contribution is -2.55. The Morgan fingerprint density at radius 1 is 1.35 bits per heavy atom. The lowest BCUT2D eigenvalue weighted by atomic mass is 9.83. The summed E-state index contributed by atoms with van der Waals surface area (Å²) in [4.78, 5) is 0. The van der Waals surface area contributed by atoms with Gasteiger partial charge < -0.3 is 5.73 Å². The van der Waals surface area contributed by atoms with Crippen LogP contribution in [0.4, 0.5) is 0 Å². The van der Waals surface area contributed by atoms with Crippen molar-refractivity contribution in [2.24, 2.45) is 11.7 Å². The maximum absolute atomic E-state index is 12.2. The molecule has 2 fully saturated rings. The Morgan fingerprint density at radius 2 is 2.06 bits per heavy atom. The molecule has 2 rings (SSSR count). The number of nitrogens with two attached hydrogens (primary N) is 1. The van der Waals surface area contributed by atoms with Gasteiger partial charge >= 0.3 is 0 Å². The number of hydrogen-bond acceptors (Lipinski definition) is 3. The standard InChI is InChI=1S/C11H23N3O2S/c1-9-6-10(7-9)13-17(15,16)14-5-3-2-4-11(14)8-12/h9-11,13H,2-8,12H2,1H3. The first-order chi connectivity index (χ1) is 8.03. The summed E-state index contributed by atoms with van der Waals surface area (Å²) in [7, 11) is -3.32. The van der Waals surface area contributed by atoms with E-state index in [4.69, 9.17) is 5.73 Å². The average molecular weight is 261 g/mol. The van der Waals surface area contributed by atoms with Crippen molar-refractivity contribution in [1.29, 1.82) is 0 Å². The second-order valence-corrected chi connectivity index (χ2v) is 7.05. The van der Waals surface area contributed by atoms with Crippen molar-refractivity contribution in [1.82, 2.24) is 9.03 Å². The van der Waals surface area contributed by atoms with Crippen LogP contribution < -0.4 is 10.5 Å². The third kappa shape index (κ3) is 2.99. The van der Waals surface area contributed by atoms with Gasteiger partial charge in [0.25, 0.3) is 10.2 Å². The summed E-state index contributed by atoms with van der Waals surface area (Å²) < 4.78 is 28.8. The molecule has 0 radical (unpaired) electrons. The molecular weight excluding hydrogens is 238 g/mol. The SMILES string of the molecule is CC1CC(NS(=O)(=O)N2CCCCC2CN)C1. The molecule has 1 saturated heterocycles. The van der Waals surface area contributed by atoms with Gasteiger partial charge in [-0.25, -0.2) is 0 Å². The molecule has 1 aliphatic carbocycles. The van der Waals surface area contributed by atoms with Gasteiger partial charge in [-0.2, -0.15) is 17.4 Å². The van der Waals surface area contributed by atoms with Crippen LogP contribution in [0.25, 0.3) is 0 Å². The third-order valence-corrected chi connectivity index (χ3v) is 5.57. The minimum absolute atomic E-state index is 0.0150. The molecule has 1 aliphatic heterocycles. The number of rotatable bonds is 4. The number of hydrogen-bond donors (Lipinski definition) is 2. The molecule has 17 heavy (non-hydrogen) atoms. The van der Waals surface area contributed by atoms with Crippen LogP contribution in [0.5, 0.6) is 0 Å². The minimum atomic E-state index is -3.32. The van der Waals surface area contributed by atoms with E-state index in [0.29, 0.717) is 19.0 Å². The van der Waals surface area contributed by atoms with E-state index >= 15 is 0 Å². The Hall–Kier alpha value is -0.170. The zero-order valence-corrected chi connectivity index (χ0v) is 11.2. The zero-order valence-electron chi connectivity index (χ0n) is 10.4. The Bertz CT molecular complexity index is 352. The molecular formula is C11H23N3O2S. The van der Waals surface area contributed by atoms with E-state index < -0.39 is 10.2 Å². The monoisotopic (exact) mass is 261 g/mol. The van der Waals surface area contributed by atoms with E-state index in [1.54, 1.807) is 4.31 Å². The molecule has 1 heterocycles. The highest BCUT2D eigenvalue weighted by Gasteiger charge is 2.35. The predicted molar refractivity (Wildman–Crippen MR) is 67.6 cm³/mol. The van der Waals surface area contributed by atoms with Crippen molar-refractivity contribution in [3.63, 3.8) is 0 Å². The second-order valence-electron chi connectivity index (χ2n) is 5.39. The summed E-state index contributed by atoms with van der Waals surface area (Å²) in [6.45, 7) is 3.18. The fourth-order valence-corrected chi connectivity index (χ4v) is 4.51. The van der Waals surface area contributed by atoms with Crippen LogP contribution in [0.15, 0.2) is 0 Å². The van der Waals surface area contributed by atoms with Crippen LogP contribution in [-0.4, -0.2) is 37.9 Å². The summed E-state index contributed by atoms with van der Waals surface area (Å²) in [5.74, 6) is 0.648. The molecule has 0 spiro atoms. The van der Waals surface area contributed by atoms with Crippen molar-refractivity contribution in [3.8, 4) is 0 Å². The molecule has 100 valence electrons. The van der Waals surface area contributed by atoms with Gasteiger partial charge in [0.15, 0.2) is 0 Å². The molecule has 2 aliphatic rings. The summed E-state index contributed by atoms with van der Waals surface area (Å²) in [6.07, 6.45) is 4.83. The van der Waals surface area contributed by atoms with E-state index in [9.17, 15) is 8.42 Å². The Balaban J connectivity index is 1.98. The van der Waals surface area contributed by atoms with Crippen molar-refractivity contribution in [3.05, 3.63) is 0 Å². The first kappa shape index (κ1) is 13.3. The van der Waals surface area contributed by atoms with Gasteiger partial charge in [0, 0.05) is 25.2 Å². The summed E-state index contributed by atoms with van der Waals surface area (Å²) >= 11 is 0. The van der Waals surface area contributed by atoms with E-state index in [-0.39, 0.29) is 12.1 Å². The lowest BCUT2D eigenvalue weighted by Gasteiger charge is -2.38. The highest BCUT2D eigenvalue weighted by atomic mass is 32.2. The van der Waals surface area contributed by atoms with Gasteiger partial charge in [0.05, 0.1) is 0 Å². The molecule has 1 unspecified atom stereocenters. The van der Waals surface area contributed by atoms with Crippen molar-refractivity contribution < 1.29 is 8.42 Å². The molecule has 1 atom stereocenters. The fourth-order valence-electron chi connectivity index (χ4n) is 2.80. The maximum atomic E-state index is 12.2. The van der Waals surface area contributed by atoms with E-state index in [2.05, 4.69) is 11.6 Å². The summed E-state index contributed by atoms with van der Waals surface area (Å²) in [6, 6.07) is 0.120. The van der Waals surface area contributed by atoms with E-state index in [1.165, 1.54) is 0 Å². The molecule has 3 N–H and O–H groups in total. The molecule has 6 heteroatoms. The molecule has 1 saturated carbocycles. The van der Waals surface area contributed by atoms with Gasteiger partial charge in [-0.3, -0.25) is 0 Å². The Morgan fingerprint density at radius 3 is 2.65 bits per heavy atom. The minimum Gasteiger partial charge on any atom is -0.329 e. The van der Waals surface area contributed by atoms with Crippen LogP contribution in [0.3, 0.4) is 0 Å². The first-order valence-corrected chi connectivity index (χ1v) is 7.96. The van der Waals surface area contributed by atoms with Crippen LogP contribution in [0.2, 0.25) is 0 Å². The van der Waals surface area contributed by atoms with Gasteiger partial charge in [-0.05, 0) is 31.6 Å². The third-order valence-electron chi connectivity index (χ3n) is 3.84. The van der Waals surface area contributed by atoms with Crippen LogP contribution in [-0.2, 0) is 10.2 Å². The summed E-state index contributed by atoms with van der Waals surface area (Å²) in [5, 5.41) is 0. The predicted octanol–water partition coefficient (Wildman–Crippen LogP) is 0.433. The van der Waals surface area contributed by atoms with Crippen LogP contribution in [0, 0.1) is 5.92 Å². The van der Waals surface area contributed by atoms with E-state index in [0.717, 1.165) is 32.1 Å². The highest BCUT2D eigenvalue weighted by molar-refractivity contribution is 7.87. The van der Waals surface area contributed by atoms with Crippen molar-refractivity contribution in [2.45, 2.75) is 51.1 Å². The van der Waals surface area contributed by atoms with Crippen molar-refractivity contribution in [2.75, 3.05) is 13.1 Å². The highest BCUT2D eigenvalue weighted by Crippen LogP contribution is 2.28.